The first-order chi connectivity index (χ1) is 14.6. The molecule has 3 aromatic rings. The van der Waals surface area contributed by atoms with Crippen LogP contribution in [0.15, 0.2) is 60.8 Å². The number of hydrogen-bond acceptors (Lipinski definition) is 5. The van der Waals surface area contributed by atoms with E-state index in [1.807, 2.05) is 55.5 Å². The molecule has 152 valence electrons. The van der Waals surface area contributed by atoms with Crippen molar-refractivity contribution in [2.24, 2.45) is 0 Å². The number of anilines is 3. The number of nitrogens with one attached hydrogen (secondary N) is 2. The number of aromatic nitrogens is 1. The normalized spacial score (nSPS) is 12.7. The van der Waals surface area contributed by atoms with Crippen molar-refractivity contribution >= 4 is 29.0 Å². The van der Waals surface area contributed by atoms with E-state index in [4.69, 9.17) is 4.74 Å². The zero-order chi connectivity index (χ0) is 21.1. The Morgan fingerprint density at radius 2 is 2.00 bits per heavy atom. The molecule has 0 spiro atoms. The van der Waals surface area contributed by atoms with Crippen LogP contribution in [0, 0.1) is 6.92 Å². The summed E-state index contributed by atoms with van der Waals surface area (Å²) >= 11 is 0. The van der Waals surface area contributed by atoms with Crippen LogP contribution in [0.2, 0.25) is 0 Å². The molecule has 4 rings (SSSR count). The van der Waals surface area contributed by atoms with Gasteiger partial charge in [-0.05, 0) is 30.7 Å². The van der Waals surface area contributed by atoms with Gasteiger partial charge in [0.25, 0.3) is 5.91 Å². The highest BCUT2D eigenvalue weighted by atomic mass is 16.5. The number of benzene rings is 2. The lowest BCUT2D eigenvalue weighted by atomic mass is 10.1. The fourth-order valence-corrected chi connectivity index (χ4v) is 3.41. The lowest BCUT2D eigenvalue weighted by Gasteiger charge is -2.29. The number of ether oxygens (including phenoxy) is 1. The second-order valence-corrected chi connectivity index (χ2v) is 7.00. The van der Waals surface area contributed by atoms with E-state index in [9.17, 15) is 9.59 Å². The van der Waals surface area contributed by atoms with Gasteiger partial charge in [0.05, 0.1) is 31.5 Å². The van der Waals surface area contributed by atoms with Crippen LogP contribution in [0.3, 0.4) is 0 Å². The van der Waals surface area contributed by atoms with Crippen molar-refractivity contribution in [2.75, 3.05) is 29.2 Å². The van der Waals surface area contributed by atoms with Crippen LogP contribution in [0.25, 0.3) is 0 Å². The first kappa shape index (κ1) is 19.4. The lowest BCUT2D eigenvalue weighted by molar-refractivity contribution is -0.117. The van der Waals surface area contributed by atoms with Gasteiger partial charge >= 0.3 is 0 Å². The SMILES string of the molecule is COc1cccc(NC(=O)c2cnc3c(c2)N(Cc2ccccc2)C(=O)CN3)c1C. The Morgan fingerprint density at radius 1 is 1.20 bits per heavy atom. The standard InChI is InChI=1S/C23H22N4O3/c1-15-18(9-6-10-20(15)30-2)26-23(29)17-11-19-22(24-12-17)25-13-21(28)27(19)14-16-7-4-3-5-8-16/h3-12H,13-14H2,1-2H3,(H,24,25)(H,26,29). The molecule has 0 bridgehead atoms. The molecule has 2 aromatic carbocycles. The molecule has 2 N–H and O–H groups in total. The van der Waals surface area contributed by atoms with Gasteiger partial charge in [-0.15, -0.1) is 0 Å². The fourth-order valence-electron chi connectivity index (χ4n) is 3.41. The summed E-state index contributed by atoms with van der Waals surface area (Å²) in [4.78, 5) is 31.5. The summed E-state index contributed by atoms with van der Waals surface area (Å²) < 4.78 is 5.31. The van der Waals surface area contributed by atoms with Crippen LogP contribution in [0.1, 0.15) is 21.5 Å². The van der Waals surface area contributed by atoms with Crippen LogP contribution in [-0.2, 0) is 11.3 Å². The minimum absolute atomic E-state index is 0.0747. The topological polar surface area (TPSA) is 83.6 Å². The zero-order valence-electron chi connectivity index (χ0n) is 16.8. The number of amides is 2. The summed E-state index contributed by atoms with van der Waals surface area (Å²) in [7, 11) is 1.59. The van der Waals surface area contributed by atoms with E-state index in [1.165, 1.54) is 6.20 Å². The van der Waals surface area contributed by atoms with Gasteiger partial charge in [-0.3, -0.25) is 9.59 Å². The highest BCUT2D eigenvalue weighted by Gasteiger charge is 2.26. The van der Waals surface area contributed by atoms with Crippen molar-refractivity contribution in [1.82, 2.24) is 4.98 Å². The van der Waals surface area contributed by atoms with Crippen molar-refractivity contribution in [3.63, 3.8) is 0 Å². The van der Waals surface area contributed by atoms with E-state index in [-0.39, 0.29) is 18.4 Å². The first-order valence-electron chi connectivity index (χ1n) is 9.60. The summed E-state index contributed by atoms with van der Waals surface area (Å²) in [5, 5.41) is 5.92. The molecule has 2 heterocycles. The third kappa shape index (κ3) is 3.82. The van der Waals surface area contributed by atoms with E-state index >= 15 is 0 Å². The Hall–Kier alpha value is -3.87. The van der Waals surface area contributed by atoms with Crippen LogP contribution in [0.5, 0.6) is 5.75 Å². The molecule has 2 amide bonds. The molecule has 0 radical (unpaired) electrons. The smallest absolute Gasteiger partial charge is 0.257 e. The number of pyridine rings is 1. The van der Waals surface area contributed by atoms with E-state index in [2.05, 4.69) is 15.6 Å². The Kier molecular flexibility index (Phi) is 5.34. The van der Waals surface area contributed by atoms with Gasteiger partial charge in [-0.1, -0.05) is 36.4 Å². The molecule has 1 aromatic heterocycles. The molecule has 0 aliphatic carbocycles. The third-order valence-electron chi connectivity index (χ3n) is 5.06. The van der Waals surface area contributed by atoms with Crippen LogP contribution in [0.4, 0.5) is 17.2 Å². The molecular weight excluding hydrogens is 380 g/mol. The molecule has 0 saturated heterocycles. The summed E-state index contributed by atoms with van der Waals surface area (Å²) in [6, 6.07) is 16.9. The lowest BCUT2D eigenvalue weighted by Crippen LogP contribution is -2.40. The highest BCUT2D eigenvalue weighted by molar-refractivity contribution is 6.08. The van der Waals surface area contributed by atoms with Crippen LogP contribution in [-0.4, -0.2) is 30.5 Å². The Balaban J connectivity index is 1.62. The Morgan fingerprint density at radius 3 is 2.77 bits per heavy atom. The fraction of sp³-hybridized carbons (Fsp3) is 0.174. The number of nitrogens with zero attached hydrogens (tertiary/aromatic N) is 2. The Labute approximate surface area is 174 Å². The van der Waals surface area contributed by atoms with Crippen molar-refractivity contribution in [3.05, 3.63) is 77.5 Å². The van der Waals surface area contributed by atoms with Crippen molar-refractivity contribution in [2.45, 2.75) is 13.5 Å². The molecule has 1 aliphatic heterocycles. The zero-order valence-corrected chi connectivity index (χ0v) is 16.8. The monoisotopic (exact) mass is 402 g/mol. The number of rotatable bonds is 5. The van der Waals surface area contributed by atoms with E-state index in [1.54, 1.807) is 18.1 Å². The number of hydrogen-bond donors (Lipinski definition) is 2. The molecular formula is C23H22N4O3. The number of fused-ring (bicyclic) bond motifs is 1. The molecule has 0 saturated carbocycles. The summed E-state index contributed by atoms with van der Waals surface area (Å²) in [6.45, 7) is 2.46. The van der Waals surface area contributed by atoms with Gasteiger partial charge in [0.2, 0.25) is 5.91 Å². The van der Waals surface area contributed by atoms with Crippen LogP contribution >= 0.6 is 0 Å². The second-order valence-electron chi connectivity index (χ2n) is 7.00. The van der Waals surface area contributed by atoms with Crippen molar-refractivity contribution in [3.8, 4) is 5.75 Å². The summed E-state index contributed by atoms with van der Waals surface area (Å²) in [5.74, 6) is 0.897. The Bertz CT molecular complexity index is 1100. The number of carbonyl (C=O) groups is 2. The predicted octanol–water partition coefficient (Wildman–Crippen LogP) is 3.61. The van der Waals surface area contributed by atoms with Gasteiger partial charge in [-0.25, -0.2) is 4.98 Å². The average Bonchev–Trinajstić information content (AvgIpc) is 2.77. The minimum Gasteiger partial charge on any atom is -0.496 e. The van der Waals surface area contributed by atoms with Gasteiger partial charge in [0.1, 0.15) is 5.75 Å². The van der Waals surface area contributed by atoms with E-state index in [0.29, 0.717) is 35.1 Å². The quantitative estimate of drug-likeness (QED) is 0.681. The maximum atomic E-state index is 12.9. The van der Waals surface area contributed by atoms with E-state index in [0.717, 1.165) is 11.1 Å². The summed E-state index contributed by atoms with van der Waals surface area (Å²) in [5.41, 5.74) is 3.45. The summed E-state index contributed by atoms with van der Waals surface area (Å²) in [6.07, 6.45) is 1.51. The maximum absolute atomic E-state index is 12.9. The molecule has 0 unspecified atom stereocenters. The van der Waals surface area contributed by atoms with E-state index < -0.39 is 0 Å². The van der Waals surface area contributed by atoms with Crippen LogP contribution < -0.4 is 20.3 Å². The molecule has 0 fully saturated rings. The van der Waals surface area contributed by atoms with Gasteiger partial charge in [-0.2, -0.15) is 0 Å². The van der Waals surface area contributed by atoms with Crippen molar-refractivity contribution in [1.29, 1.82) is 0 Å². The molecule has 0 atom stereocenters. The highest BCUT2D eigenvalue weighted by Crippen LogP contribution is 2.31. The van der Waals surface area contributed by atoms with Gasteiger partial charge < -0.3 is 20.3 Å². The molecule has 7 nitrogen and oxygen atoms in total. The second kappa shape index (κ2) is 8.24. The average molecular weight is 402 g/mol. The predicted molar refractivity (Wildman–Crippen MR) is 116 cm³/mol. The number of carbonyl (C=O) groups excluding carboxylic acids is 2. The molecule has 30 heavy (non-hydrogen) atoms. The van der Waals surface area contributed by atoms with Gasteiger partial charge in [0, 0.05) is 17.4 Å². The van der Waals surface area contributed by atoms with Crippen molar-refractivity contribution < 1.29 is 14.3 Å². The third-order valence-corrected chi connectivity index (χ3v) is 5.06. The largest absolute Gasteiger partial charge is 0.496 e. The molecule has 1 aliphatic rings. The minimum atomic E-state index is -0.306. The van der Waals surface area contributed by atoms with Gasteiger partial charge in [0.15, 0.2) is 5.82 Å². The number of methoxy groups -OCH3 is 1. The maximum Gasteiger partial charge on any atom is 0.257 e. The first-order valence-corrected chi connectivity index (χ1v) is 9.60. The molecule has 7 heteroatoms.